The van der Waals surface area contributed by atoms with Gasteiger partial charge < -0.3 is 9.80 Å². The van der Waals surface area contributed by atoms with Gasteiger partial charge >= 0.3 is 16.5 Å². The third-order valence-corrected chi connectivity index (χ3v) is 9.83. The zero-order valence-electron chi connectivity index (χ0n) is 25.2. The Hall–Kier alpha value is -2.49. The summed E-state index contributed by atoms with van der Waals surface area (Å²) in [6, 6.07) is 11.6. The zero-order chi connectivity index (χ0) is 29.3. The molecule has 0 atom stereocenters. The molecule has 0 unspecified atom stereocenters. The molecule has 232 valence electrons. The molecule has 2 N–H and O–H groups in total. The van der Waals surface area contributed by atoms with Gasteiger partial charge in [-0.15, -0.1) is 0 Å². The van der Waals surface area contributed by atoms with Gasteiger partial charge in [0.15, 0.2) is 10.2 Å². The van der Waals surface area contributed by atoms with Gasteiger partial charge in [-0.2, -0.15) is 10.2 Å². The number of nitrogens with one attached hydrogen (secondary N) is 2. The minimum Gasteiger partial charge on any atom is -0.347 e. The van der Waals surface area contributed by atoms with Crippen molar-refractivity contribution in [3.05, 3.63) is 60.2 Å². The molecule has 6 heterocycles. The van der Waals surface area contributed by atoms with Gasteiger partial charge in [-0.3, -0.25) is 20.8 Å². The quantitative estimate of drug-likeness (QED) is 0.190. The topological polar surface area (TPSA) is 81.0 Å². The SMILES string of the molecule is CC(=NNC(=S)N1CC2CCC(CC2)C1)c1ccccn1.CC(=NNC(=S)N1CC2CCC(CC2)C1)c1ccccn1.[Ni+2]. The predicted octanol–water partition coefficient (Wildman–Crippen LogP) is 5.60. The fourth-order valence-electron chi connectivity index (χ4n) is 6.59. The normalized spacial score (nSPS) is 25.0. The molecule has 8 nitrogen and oxygen atoms in total. The molecular formula is C32H44N8NiS2+2. The third-order valence-electron chi connectivity index (χ3n) is 9.13. The molecule has 4 aliphatic heterocycles. The van der Waals surface area contributed by atoms with E-state index in [-0.39, 0.29) is 16.5 Å². The number of fused-ring (bicyclic) bond motifs is 8. The summed E-state index contributed by atoms with van der Waals surface area (Å²) in [7, 11) is 0. The summed E-state index contributed by atoms with van der Waals surface area (Å²) < 4.78 is 0. The van der Waals surface area contributed by atoms with E-state index in [0.717, 1.165) is 82.9 Å². The Kier molecular flexibility index (Phi) is 12.9. The van der Waals surface area contributed by atoms with Gasteiger partial charge in [0, 0.05) is 38.6 Å². The monoisotopic (exact) mass is 662 g/mol. The van der Waals surface area contributed by atoms with Crippen LogP contribution in [-0.4, -0.2) is 67.6 Å². The van der Waals surface area contributed by atoms with Crippen molar-refractivity contribution < 1.29 is 16.5 Å². The van der Waals surface area contributed by atoms with Gasteiger partial charge in [-0.25, -0.2) is 0 Å². The summed E-state index contributed by atoms with van der Waals surface area (Å²) in [4.78, 5) is 13.2. The van der Waals surface area contributed by atoms with E-state index >= 15 is 0 Å². The second-order valence-electron chi connectivity index (χ2n) is 12.2. The van der Waals surface area contributed by atoms with Crippen LogP contribution in [-0.2, 0) is 16.5 Å². The summed E-state index contributed by atoms with van der Waals surface area (Å²) in [5.41, 5.74) is 9.58. The number of hydrazone groups is 2. The molecule has 4 saturated heterocycles. The van der Waals surface area contributed by atoms with Crippen molar-refractivity contribution in [1.82, 2.24) is 30.6 Å². The second-order valence-corrected chi connectivity index (χ2v) is 13.0. The van der Waals surface area contributed by atoms with Crippen LogP contribution in [0.5, 0.6) is 0 Å². The molecule has 43 heavy (non-hydrogen) atoms. The maximum Gasteiger partial charge on any atom is 2.00 e. The Balaban J connectivity index is 0.000000192. The first-order valence-corrected chi connectivity index (χ1v) is 16.3. The second kappa shape index (κ2) is 16.5. The Morgan fingerprint density at radius 3 is 1.23 bits per heavy atom. The molecule has 4 bridgehead atoms. The molecule has 8 rings (SSSR count). The molecule has 0 radical (unpaired) electrons. The number of nitrogens with zero attached hydrogens (tertiary/aromatic N) is 6. The minimum absolute atomic E-state index is 0. The van der Waals surface area contributed by atoms with E-state index in [0.29, 0.717) is 0 Å². The maximum absolute atomic E-state index is 5.52. The average Bonchev–Trinajstić information content (AvgIpc) is 3.56. The molecule has 0 amide bonds. The first-order chi connectivity index (χ1) is 20.4. The Morgan fingerprint density at radius 1 is 0.628 bits per heavy atom. The number of rotatable bonds is 4. The summed E-state index contributed by atoms with van der Waals surface area (Å²) in [6.45, 7) is 8.23. The van der Waals surface area contributed by atoms with Crippen molar-refractivity contribution in [3.8, 4) is 0 Å². The van der Waals surface area contributed by atoms with E-state index < -0.39 is 0 Å². The van der Waals surface area contributed by atoms with Crippen LogP contribution in [0.2, 0.25) is 0 Å². The van der Waals surface area contributed by atoms with Crippen molar-refractivity contribution in [2.75, 3.05) is 26.2 Å². The minimum atomic E-state index is 0. The molecule has 0 aromatic carbocycles. The van der Waals surface area contributed by atoms with Crippen LogP contribution in [0.1, 0.15) is 76.6 Å². The fourth-order valence-corrected chi connectivity index (χ4v) is 6.98. The van der Waals surface area contributed by atoms with Gasteiger partial charge in [0.05, 0.1) is 22.8 Å². The van der Waals surface area contributed by atoms with Gasteiger partial charge in [-0.1, -0.05) is 12.1 Å². The van der Waals surface area contributed by atoms with Gasteiger partial charge in [-0.05, 0) is 138 Å². The zero-order valence-corrected chi connectivity index (χ0v) is 27.9. The molecule has 2 saturated carbocycles. The smallest absolute Gasteiger partial charge is 0.347 e. The van der Waals surface area contributed by atoms with Crippen molar-refractivity contribution in [2.45, 2.75) is 65.2 Å². The number of aromatic nitrogens is 2. The molecule has 2 aromatic rings. The van der Waals surface area contributed by atoms with Crippen molar-refractivity contribution >= 4 is 46.1 Å². The van der Waals surface area contributed by atoms with Crippen molar-refractivity contribution in [3.63, 3.8) is 0 Å². The van der Waals surface area contributed by atoms with Crippen molar-refractivity contribution in [1.29, 1.82) is 0 Å². The molecule has 2 aromatic heterocycles. The molecule has 0 spiro atoms. The van der Waals surface area contributed by atoms with Crippen LogP contribution in [0.4, 0.5) is 0 Å². The first-order valence-electron chi connectivity index (χ1n) is 15.5. The average molecular weight is 664 g/mol. The number of hydrogen-bond donors (Lipinski definition) is 2. The van der Waals surface area contributed by atoms with Crippen LogP contribution < -0.4 is 10.9 Å². The van der Waals surface area contributed by atoms with Crippen LogP contribution in [0.3, 0.4) is 0 Å². The van der Waals surface area contributed by atoms with Gasteiger partial charge in [0.25, 0.3) is 0 Å². The Bertz CT molecular complexity index is 1120. The van der Waals surface area contributed by atoms with Crippen LogP contribution in [0, 0.1) is 23.7 Å². The summed E-state index contributed by atoms with van der Waals surface area (Å²) in [5.74, 6) is 3.24. The van der Waals surface area contributed by atoms with E-state index in [4.69, 9.17) is 24.4 Å². The van der Waals surface area contributed by atoms with E-state index in [1.54, 1.807) is 12.4 Å². The summed E-state index contributed by atoms with van der Waals surface area (Å²) in [6.07, 6.45) is 14.4. The Labute approximate surface area is 277 Å². The van der Waals surface area contributed by atoms with E-state index in [9.17, 15) is 0 Å². The molecular weight excluding hydrogens is 619 g/mol. The predicted molar refractivity (Wildman–Crippen MR) is 178 cm³/mol. The molecule has 6 aliphatic rings. The molecule has 2 aliphatic carbocycles. The van der Waals surface area contributed by atoms with Crippen LogP contribution in [0.15, 0.2) is 59.0 Å². The maximum atomic E-state index is 5.52. The largest absolute Gasteiger partial charge is 2.00 e. The van der Waals surface area contributed by atoms with Crippen LogP contribution in [0.25, 0.3) is 0 Å². The number of thiocarbonyl (C=S) groups is 2. The number of pyridine rings is 2. The van der Waals surface area contributed by atoms with E-state index in [1.165, 1.54) is 51.4 Å². The standard InChI is InChI=1S/2C16H22N4S.Ni/c2*1-12(15-4-2-3-9-17-15)18-19-16(21)20-10-13-5-6-14(11-20)8-7-13;/h2*2-4,9,13-14H,5-8,10-11H2,1H3,(H,19,21);/q;;+2. The Morgan fingerprint density at radius 2 is 0.953 bits per heavy atom. The van der Waals surface area contributed by atoms with Crippen LogP contribution >= 0.6 is 24.4 Å². The third kappa shape index (κ3) is 9.75. The first kappa shape index (κ1) is 33.4. The van der Waals surface area contributed by atoms with E-state index in [1.807, 2.05) is 50.2 Å². The molecule has 6 fully saturated rings. The van der Waals surface area contributed by atoms with Gasteiger partial charge in [0.2, 0.25) is 0 Å². The van der Waals surface area contributed by atoms with E-state index in [2.05, 4.69) is 40.8 Å². The fraction of sp³-hybridized carbons (Fsp3) is 0.562. The van der Waals surface area contributed by atoms with Crippen molar-refractivity contribution in [2.24, 2.45) is 33.9 Å². The molecule has 11 heteroatoms. The number of hydrogen-bond acceptors (Lipinski definition) is 6. The summed E-state index contributed by atoms with van der Waals surface area (Å²) in [5, 5.41) is 10.3. The van der Waals surface area contributed by atoms with Gasteiger partial charge in [0.1, 0.15) is 0 Å². The summed E-state index contributed by atoms with van der Waals surface area (Å²) >= 11 is 11.0.